The van der Waals surface area contributed by atoms with Gasteiger partial charge in [0.1, 0.15) is 11.6 Å². The van der Waals surface area contributed by atoms with Crippen LogP contribution in [0, 0.1) is 5.82 Å². The largest absolute Gasteiger partial charge is 0.508 e. The second-order valence-electron chi connectivity index (χ2n) is 3.70. The van der Waals surface area contributed by atoms with Crippen molar-refractivity contribution >= 4 is 5.97 Å². The van der Waals surface area contributed by atoms with Crippen molar-refractivity contribution < 1.29 is 19.0 Å². The van der Waals surface area contributed by atoms with Crippen molar-refractivity contribution in [3.05, 3.63) is 53.8 Å². The lowest BCUT2D eigenvalue weighted by molar-refractivity contribution is 0.0601. The minimum atomic E-state index is -0.576. The molecule has 1 N–H and O–H groups in total. The number of methoxy groups -OCH3 is 1. The number of benzene rings is 2. The Labute approximate surface area is 103 Å². The molecule has 0 saturated carbocycles. The highest BCUT2D eigenvalue weighted by Gasteiger charge is 2.16. The average Bonchev–Trinajstić information content (AvgIpc) is 2.38. The molecule has 0 bridgehead atoms. The van der Waals surface area contributed by atoms with E-state index in [0.717, 1.165) is 0 Å². The number of esters is 1. The number of phenols is 1. The van der Waals surface area contributed by atoms with E-state index < -0.39 is 11.8 Å². The van der Waals surface area contributed by atoms with E-state index in [2.05, 4.69) is 4.74 Å². The van der Waals surface area contributed by atoms with Gasteiger partial charge in [0.05, 0.1) is 12.7 Å². The first-order valence-corrected chi connectivity index (χ1v) is 5.29. The normalized spacial score (nSPS) is 10.1. The summed E-state index contributed by atoms with van der Waals surface area (Å²) in [5.41, 5.74) is 0.758. The van der Waals surface area contributed by atoms with E-state index in [1.54, 1.807) is 12.1 Å². The molecular formula is C14H11FO3. The van der Waals surface area contributed by atoms with E-state index in [-0.39, 0.29) is 16.9 Å². The Morgan fingerprint density at radius 1 is 1.17 bits per heavy atom. The molecule has 2 aromatic rings. The number of carbonyl (C=O) groups is 1. The molecule has 0 radical (unpaired) electrons. The van der Waals surface area contributed by atoms with Gasteiger partial charge in [0.15, 0.2) is 0 Å². The molecule has 18 heavy (non-hydrogen) atoms. The van der Waals surface area contributed by atoms with E-state index in [1.165, 1.54) is 37.4 Å². The molecule has 0 spiro atoms. The number of carbonyl (C=O) groups excluding carboxylic acids is 1. The molecule has 0 aromatic heterocycles. The van der Waals surface area contributed by atoms with Crippen LogP contribution >= 0.6 is 0 Å². The molecule has 92 valence electrons. The lowest BCUT2D eigenvalue weighted by Crippen LogP contribution is -2.03. The number of phenolic OH excluding ortho intramolecular Hbond substituents is 1. The molecule has 0 aliphatic heterocycles. The molecular weight excluding hydrogens is 235 g/mol. The molecule has 0 amide bonds. The molecule has 0 aliphatic carbocycles. The summed E-state index contributed by atoms with van der Waals surface area (Å²) in [5.74, 6) is -1.08. The number of hydrogen-bond acceptors (Lipinski definition) is 3. The Balaban J connectivity index is 2.66. The maximum Gasteiger partial charge on any atom is 0.338 e. The third-order valence-electron chi connectivity index (χ3n) is 2.57. The zero-order valence-electron chi connectivity index (χ0n) is 9.68. The Hall–Kier alpha value is -2.36. The summed E-state index contributed by atoms with van der Waals surface area (Å²) in [5, 5.41) is 9.47. The smallest absolute Gasteiger partial charge is 0.338 e. The summed E-state index contributed by atoms with van der Waals surface area (Å²) in [4.78, 5) is 11.6. The zero-order valence-corrected chi connectivity index (χ0v) is 9.68. The van der Waals surface area contributed by atoms with Gasteiger partial charge in [-0.15, -0.1) is 0 Å². The number of rotatable bonds is 2. The Kier molecular flexibility index (Phi) is 3.28. The van der Waals surface area contributed by atoms with Gasteiger partial charge in [-0.25, -0.2) is 9.18 Å². The standard InChI is InChI=1S/C14H11FO3/c1-18-14(17)11-7-6-9(16)8-12(11)10-4-2-3-5-13(10)15/h2-8,16H,1H3. The highest BCUT2D eigenvalue weighted by Crippen LogP contribution is 2.29. The van der Waals surface area contributed by atoms with Crippen molar-refractivity contribution in [2.24, 2.45) is 0 Å². The number of aromatic hydroxyl groups is 1. The van der Waals surface area contributed by atoms with Crippen molar-refractivity contribution in [3.8, 4) is 16.9 Å². The number of hydrogen-bond donors (Lipinski definition) is 1. The fourth-order valence-corrected chi connectivity index (χ4v) is 1.72. The van der Waals surface area contributed by atoms with Gasteiger partial charge in [0.25, 0.3) is 0 Å². The fourth-order valence-electron chi connectivity index (χ4n) is 1.72. The lowest BCUT2D eigenvalue weighted by Gasteiger charge is -2.09. The van der Waals surface area contributed by atoms with Gasteiger partial charge in [-0.2, -0.15) is 0 Å². The van der Waals surface area contributed by atoms with Crippen molar-refractivity contribution in [2.75, 3.05) is 7.11 Å². The molecule has 2 aromatic carbocycles. The molecule has 0 aliphatic rings. The molecule has 4 heteroatoms. The van der Waals surface area contributed by atoms with Gasteiger partial charge < -0.3 is 9.84 Å². The topological polar surface area (TPSA) is 46.5 Å². The molecule has 0 saturated heterocycles. The first-order valence-electron chi connectivity index (χ1n) is 5.29. The van der Waals surface area contributed by atoms with Gasteiger partial charge in [0, 0.05) is 11.1 Å². The van der Waals surface area contributed by atoms with E-state index in [1.807, 2.05) is 0 Å². The first-order chi connectivity index (χ1) is 8.63. The van der Waals surface area contributed by atoms with Crippen molar-refractivity contribution in [1.82, 2.24) is 0 Å². The van der Waals surface area contributed by atoms with Crippen molar-refractivity contribution in [2.45, 2.75) is 0 Å². The van der Waals surface area contributed by atoms with Gasteiger partial charge >= 0.3 is 5.97 Å². The Morgan fingerprint density at radius 2 is 1.89 bits per heavy atom. The number of halogens is 1. The van der Waals surface area contributed by atoms with Gasteiger partial charge in [-0.1, -0.05) is 18.2 Å². The Morgan fingerprint density at radius 3 is 2.56 bits per heavy atom. The quantitative estimate of drug-likeness (QED) is 0.828. The average molecular weight is 246 g/mol. The van der Waals surface area contributed by atoms with Crippen molar-refractivity contribution in [1.29, 1.82) is 0 Å². The molecule has 0 unspecified atom stereocenters. The van der Waals surface area contributed by atoms with Gasteiger partial charge in [-0.3, -0.25) is 0 Å². The summed E-state index contributed by atoms with van der Waals surface area (Å²) in [7, 11) is 1.25. The molecule has 0 heterocycles. The SMILES string of the molecule is COC(=O)c1ccc(O)cc1-c1ccccc1F. The van der Waals surface area contributed by atoms with Crippen molar-refractivity contribution in [3.63, 3.8) is 0 Å². The fraction of sp³-hybridized carbons (Fsp3) is 0.0714. The van der Waals surface area contributed by atoms with Crippen LogP contribution < -0.4 is 0 Å². The van der Waals surface area contributed by atoms with Crippen LogP contribution in [0.1, 0.15) is 10.4 Å². The maximum atomic E-state index is 13.7. The highest BCUT2D eigenvalue weighted by atomic mass is 19.1. The zero-order chi connectivity index (χ0) is 13.1. The first kappa shape index (κ1) is 12.1. The van der Waals surface area contributed by atoms with Crippen LogP contribution in [0.25, 0.3) is 11.1 Å². The summed E-state index contributed by atoms with van der Waals surface area (Å²) in [6.45, 7) is 0. The summed E-state index contributed by atoms with van der Waals surface area (Å²) in [6, 6.07) is 10.1. The van der Waals surface area contributed by atoms with E-state index in [0.29, 0.717) is 5.56 Å². The van der Waals surface area contributed by atoms with E-state index >= 15 is 0 Å². The molecule has 2 rings (SSSR count). The van der Waals surface area contributed by atoms with Crippen LogP contribution in [0.4, 0.5) is 4.39 Å². The third kappa shape index (κ3) is 2.18. The molecule has 0 fully saturated rings. The van der Waals surface area contributed by atoms with Crippen LogP contribution in [0.5, 0.6) is 5.75 Å². The monoisotopic (exact) mass is 246 g/mol. The van der Waals surface area contributed by atoms with E-state index in [9.17, 15) is 14.3 Å². The van der Waals surface area contributed by atoms with Crippen LogP contribution in [-0.4, -0.2) is 18.2 Å². The second-order valence-corrected chi connectivity index (χ2v) is 3.70. The van der Waals surface area contributed by atoms with Crippen LogP contribution in [0.3, 0.4) is 0 Å². The summed E-state index contributed by atoms with van der Waals surface area (Å²) in [6.07, 6.45) is 0. The Bertz CT molecular complexity index is 593. The molecule has 3 nitrogen and oxygen atoms in total. The maximum absolute atomic E-state index is 13.7. The van der Waals surface area contributed by atoms with Crippen LogP contribution in [0.15, 0.2) is 42.5 Å². The third-order valence-corrected chi connectivity index (χ3v) is 2.57. The second kappa shape index (κ2) is 4.87. The van der Waals surface area contributed by atoms with Gasteiger partial charge in [-0.05, 0) is 24.3 Å². The lowest BCUT2D eigenvalue weighted by atomic mass is 9.99. The van der Waals surface area contributed by atoms with E-state index in [4.69, 9.17) is 0 Å². The highest BCUT2D eigenvalue weighted by molar-refractivity contribution is 5.97. The predicted molar refractivity (Wildman–Crippen MR) is 64.8 cm³/mol. The minimum absolute atomic E-state index is 0.0408. The summed E-state index contributed by atoms with van der Waals surface area (Å²) >= 11 is 0. The summed E-state index contributed by atoms with van der Waals surface area (Å²) < 4.78 is 18.4. The molecule has 0 atom stereocenters. The minimum Gasteiger partial charge on any atom is -0.508 e. The predicted octanol–water partition coefficient (Wildman–Crippen LogP) is 2.98. The number of ether oxygens (including phenoxy) is 1. The van der Waals surface area contributed by atoms with Crippen LogP contribution in [0.2, 0.25) is 0 Å². The van der Waals surface area contributed by atoms with Gasteiger partial charge in [0.2, 0.25) is 0 Å². The van der Waals surface area contributed by atoms with Crippen LogP contribution in [-0.2, 0) is 4.74 Å².